The second kappa shape index (κ2) is 13.6. The standard InChI is InChI=1S/C30H37BrN9O3P/c1-18(41)20-15-24(26(43-2)16-25(20)40-13-7-19(8-14-40)33-10-9-32)38-30-36-17-21(31)29(39-30)37-23-6-5-22-27(35-12-11-34-22)28(23)44(3,4)42/h5-6,11-12,15-17,19,33H,7-10,13-14,32H2,1-4H3,(H2,36,37,38,39). The number of ether oxygens (including phenoxy) is 1. The van der Waals surface area contributed by atoms with Crippen LogP contribution in [-0.4, -0.2) is 78.4 Å². The van der Waals surface area contributed by atoms with E-state index in [2.05, 4.69) is 56.7 Å². The van der Waals surface area contributed by atoms with Crippen molar-refractivity contribution in [1.29, 1.82) is 0 Å². The maximum atomic E-state index is 13.4. The highest BCUT2D eigenvalue weighted by Crippen LogP contribution is 2.41. The Hall–Kier alpha value is -3.64. The van der Waals surface area contributed by atoms with E-state index in [9.17, 15) is 9.36 Å². The Morgan fingerprint density at radius 2 is 1.86 bits per heavy atom. The number of hydrogen-bond acceptors (Lipinski definition) is 12. The van der Waals surface area contributed by atoms with Crippen molar-refractivity contribution in [2.75, 3.05) is 62.2 Å². The fourth-order valence-electron chi connectivity index (χ4n) is 5.42. The summed E-state index contributed by atoms with van der Waals surface area (Å²) in [6, 6.07) is 7.75. The van der Waals surface area contributed by atoms with Crippen LogP contribution in [0.3, 0.4) is 0 Å². The molecule has 14 heteroatoms. The van der Waals surface area contributed by atoms with Gasteiger partial charge in [0.25, 0.3) is 0 Å². The average Bonchev–Trinajstić information content (AvgIpc) is 3.01. The molecular formula is C30H37BrN9O3P. The van der Waals surface area contributed by atoms with Crippen LogP contribution in [0.4, 0.5) is 28.8 Å². The maximum Gasteiger partial charge on any atom is 0.229 e. The minimum Gasteiger partial charge on any atom is -0.494 e. The zero-order chi connectivity index (χ0) is 31.4. The van der Waals surface area contributed by atoms with Crippen molar-refractivity contribution < 1.29 is 14.1 Å². The third-order valence-electron chi connectivity index (χ3n) is 7.51. The molecule has 1 fully saturated rings. The number of piperidine rings is 1. The molecule has 232 valence electrons. The molecule has 0 unspecified atom stereocenters. The number of rotatable bonds is 11. The summed E-state index contributed by atoms with van der Waals surface area (Å²) in [5.41, 5.74) is 9.47. The van der Waals surface area contributed by atoms with Crippen LogP contribution in [0.5, 0.6) is 5.75 Å². The number of carbonyl (C=O) groups is 1. The molecule has 1 aliphatic rings. The molecule has 2 aromatic carbocycles. The molecule has 0 aliphatic carbocycles. The summed E-state index contributed by atoms with van der Waals surface area (Å²) in [6.07, 6.45) is 6.73. The van der Waals surface area contributed by atoms with Gasteiger partial charge in [-0.2, -0.15) is 4.98 Å². The first-order valence-corrected chi connectivity index (χ1v) is 17.8. The highest BCUT2D eigenvalue weighted by molar-refractivity contribution is 9.10. The van der Waals surface area contributed by atoms with Crippen molar-refractivity contribution in [2.24, 2.45) is 5.73 Å². The molecule has 3 heterocycles. The molecule has 0 atom stereocenters. The molecule has 1 aliphatic heterocycles. The number of aromatic nitrogens is 4. The van der Waals surface area contributed by atoms with Crippen LogP contribution in [0.25, 0.3) is 11.0 Å². The zero-order valence-corrected chi connectivity index (χ0v) is 27.7. The van der Waals surface area contributed by atoms with Crippen molar-refractivity contribution >= 4 is 74.0 Å². The van der Waals surface area contributed by atoms with E-state index in [1.807, 2.05) is 18.2 Å². The van der Waals surface area contributed by atoms with Crippen molar-refractivity contribution in [3.63, 3.8) is 0 Å². The van der Waals surface area contributed by atoms with Crippen LogP contribution in [-0.2, 0) is 4.57 Å². The van der Waals surface area contributed by atoms with Crippen LogP contribution in [0.1, 0.15) is 30.1 Å². The molecule has 0 bridgehead atoms. The summed E-state index contributed by atoms with van der Waals surface area (Å²) in [5, 5.41) is 10.6. The number of Topliss-reactive ketones (excluding diaryl/α,β-unsaturated/α-hetero) is 1. The molecule has 0 saturated carbocycles. The largest absolute Gasteiger partial charge is 0.494 e. The van der Waals surface area contributed by atoms with E-state index in [0.29, 0.717) is 61.9 Å². The Labute approximate surface area is 265 Å². The van der Waals surface area contributed by atoms with E-state index in [0.717, 1.165) is 38.2 Å². The molecule has 0 radical (unpaired) electrons. The van der Waals surface area contributed by atoms with Crippen molar-refractivity contribution in [1.82, 2.24) is 25.3 Å². The predicted octanol–water partition coefficient (Wildman–Crippen LogP) is 4.65. The summed E-state index contributed by atoms with van der Waals surface area (Å²) in [4.78, 5) is 33.0. The van der Waals surface area contributed by atoms with Gasteiger partial charge in [0.2, 0.25) is 5.95 Å². The first-order valence-electron chi connectivity index (χ1n) is 14.4. The van der Waals surface area contributed by atoms with E-state index in [1.54, 1.807) is 52.0 Å². The number of benzene rings is 2. The number of nitrogens with two attached hydrogens (primary N) is 1. The van der Waals surface area contributed by atoms with E-state index in [-0.39, 0.29) is 11.7 Å². The lowest BCUT2D eigenvalue weighted by Gasteiger charge is -2.35. The number of fused-ring (bicyclic) bond motifs is 1. The van der Waals surface area contributed by atoms with E-state index in [4.69, 9.17) is 10.5 Å². The molecule has 44 heavy (non-hydrogen) atoms. The quantitative estimate of drug-likeness (QED) is 0.128. The number of halogens is 1. The first-order chi connectivity index (χ1) is 21.1. The number of ketones is 1. The predicted molar refractivity (Wildman–Crippen MR) is 180 cm³/mol. The van der Waals surface area contributed by atoms with Crippen molar-refractivity contribution in [3.05, 3.63) is 52.9 Å². The van der Waals surface area contributed by atoms with Gasteiger partial charge in [-0.1, -0.05) is 0 Å². The smallest absolute Gasteiger partial charge is 0.229 e. The SMILES string of the molecule is COc1cc(N2CCC(NCCN)CC2)c(C(C)=O)cc1Nc1ncc(Br)c(Nc2ccc3nccnc3c2P(C)(C)=O)n1. The van der Waals surface area contributed by atoms with E-state index < -0.39 is 7.14 Å². The van der Waals surface area contributed by atoms with Crippen LogP contribution in [0.2, 0.25) is 0 Å². The van der Waals surface area contributed by atoms with Gasteiger partial charge >= 0.3 is 0 Å². The number of hydrogen-bond donors (Lipinski definition) is 4. The van der Waals surface area contributed by atoms with Crippen LogP contribution < -0.4 is 36.6 Å². The van der Waals surface area contributed by atoms with Crippen molar-refractivity contribution in [3.8, 4) is 5.75 Å². The van der Waals surface area contributed by atoms with Gasteiger partial charge in [0, 0.05) is 62.4 Å². The van der Waals surface area contributed by atoms with Gasteiger partial charge in [0.05, 0.1) is 39.5 Å². The third kappa shape index (κ3) is 7.02. The summed E-state index contributed by atoms with van der Waals surface area (Å²) < 4.78 is 19.7. The Bertz CT molecular complexity index is 1720. The van der Waals surface area contributed by atoms with Gasteiger partial charge in [-0.15, -0.1) is 0 Å². The highest BCUT2D eigenvalue weighted by atomic mass is 79.9. The van der Waals surface area contributed by atoms with Gasteiger partial charge in [0.15, 0.2) is 5.78 Å². The Morgan fingerprint density at radius 3 is 2.55 bits per heavy atom. The number of nitrogens with one attached hydrogen (secondary N) is 3. The molecule has 12 nitrogen and oxygen atoms in total. The average molecular weight is 683 g/mol. The summed E-state index contributed by atoms with van der Waals surface area (Å²) in [7, 11) is -1.18. The molecular weight excluding hydrogens is 645 g/mol. The Morgan fingerprint density at radius 1 is 1.11 bits per heavy atom. The molecule has 5 N–H and O–H groups in total. The van der Waals surface area contributed by atoms with Gasteiger partial charge < -0.3 is 35.9 Å². The Kier molecular flexibility index (Phi) is 9.79. The molecule has 1 saturated heterocycles. The molecule has 5 rings (SSSR count). The van der Waals surface area contributed by atoms with Gasteiger partial charge in [0.1, 0.15) is 24.2 Å². The number of anilines is 5. The van der Waals surface area contributed by atoms with Gasteiger partial charge in [-0.25, -0.2) is 4.98 Å². The Balaban J connectivity index is 1.44. The first kappa shape index (κ1) is 31.8. The van der Waals surface area contributed by atoms with Crippen LogP contribution in [0.15, 0.2) is 47.3 Å². The minimum atomic E-state index is -2.77. The highest BCUT2D eigenvalue weighted by Gasteiger charge is 2.25. The lowest BCUT2D eigenvalue weighted by Crippen LogP contribution is -2.44. The van der Waals surface area contributed by atoms with Gasteiger partial charge in [-0.3, -0.25) is 14.8 Å². The van der Waals surface area contributed by atoms with Crippen LogP contribution >= 0.6 is 23.1 Å². The fourth-order valence-corrected chi connectivity index (χ4v) is 7.11. The fraction of sp³-hybridized carbons (Fsp3) is 0.367. The zero-order valence-electron chi connectivity index (χ0n) is 25.2. The molecule has 0 amide bonds. The normalized spacial score (nSPS) is 14.1. The molecule has 0 spiro atoms. The molecule has 4 aromatic rings. The van der Waals surface area contributed by atoms with Crippen LogP contribution in [0, 0.1) is 0 Å². The summed E-state index contributed by atoms with van der Waals surface area (Å²) in [6.45, 7) is 8.00. The lowest BCUT2D eigenvalue weighted by atomic mass is 10.0. The summed E-state index contributed by atoms with van der Waals surface area (Å²) >= 11 is 3.53. The monoisotopic (exact) mass is 681 g/mol. The maximum absolute atomic E-state index is 13.4. The third-order valence-corrected chi connectivity index (χ3v) is 9.62. The summed E-state index contributed by atoms with van der Waals surface area (Å²) in [5.74, 6) is 1.24. The number of methoxy groups -OCH3 is 1. The molecule has 2 aromatic heterocycles. The van der Waals surface area contributed by atoms with Crippen molar-refractivity contribution in [2.45, 2.75) is 25.8 Å². The second-order valence-corrected chi connectivity index (χ2v) is 15.0. The number of nitrogens with zero attached hydrogens (tertiary/aromatic N) is 5. The minimum absolute atomic E-state index is 0.0522. The topological polar surface area (TPSA) is 160 Å². The second-order valence-electron chi connectivity index (χ2n) is 11.0. The lowest BCUT2D eigenvalue weighted by molar-refractivity contribution is 0.101. The van der Waals surface area contributed by atoms with E-state index in [1.165, 1.54) is 0 Å². The van der Waals surface area contributed by atoms with Gasteiger partial charge in [-0.05, 0) is 67.2 Å². The number of carbonyl (C=O) groups excluding carboxylic acids is 1. The van der Waals surface area contributed by atoms with E-state index >= 15 is 0 Å².